The normalized spacial score (nSPS) is 16.2. The summed E-state index contributed by atoms with van der Waals surface area (Å²) in [7, 11) is 0. The number of nitrogens with one attached hydrogen (secondary N) is 1. The predicted octanol–water partition coefficient (Wildman–Crippen LogP) is 2.38. The summed E-state index contributed by atoms with van der Waals surface area (Å²) in [6.07, 6.45) is 0.248. The minimum atomic E-state index is -0.629. The number of halogens is 1. The van der Waals surface area contributed by atoms with Crippen molar-refractivity contribution >= 4 is 11.6 Å². The molecule has 162 valence electrons. The molecule has 2 aromatic rings. The molecule has 30 heavy (non-hydrogen) atoms. The molecule has 0 spiro atoms. The van der Waals surface area contributed by atoms with Crippen LogP contribution in [0.15, 0.2) is 48.5 Å². The number of β-amino-alcohol motifs (C(OH)–C–C–N with tert-alkyl or cyclic N) is 1. The molecule has 2 N–H and O–H groups in total. The summed E-state index contributed by atoms with van der Waals surface area (Å²) >= 11 is 0. The van der Waals surface area contributed by atoms with Crippen LogP contribution in [0.5, 0.6) is 5.75 Å². The molecule has 1 amide bonds. The Bertz CT molecular complexity index is 808. The van der Waals surface area contributed by atoms with Gasteiger partial charge in [-0.2, -0.15) is 0 Å². The van der Waals surface area contributed by atoms with Gasteiger partial charge in [0.05, 0.1) is 6.54 Å². The Morgan fingerprint density at radius 2 is 1.77 bits per heavy atom. The highest BCUT2D eigenvalue weighted by atomic mass is 19.1. The van der Waals surface area contributed by atoms with Gasteiger partial charge in [0.2, 0.25) is 5.91 Å². The van der Waals surface area contributed by atoms with Crippen molar-refractivity contribution in [2.24, 2.45) is 0 Å². The molecule has 1 aliphatic rings. The fourth-order valence-electron chi connectivity index (χ4n) is 3.55. The fourth-order valence-corrected chi connectivity index (χ4v) is 3.55. The third-order valence-corrected chi connectivity index (χ3v) is 5.23. The lowest BCUT2D eigenvalue weighted by Gasteiger charge is -2.35. The molecule has 0 radical (unpaired) electrons. The van der Waals surface area contributed by atoms with Crippen molar-refractivity contribution < 1.29 is 19.0 Å². The zero-order chi connectivity index (χ0) is 21.3. The van der Waals surface area contributed by atoms with Gasteiger partial charge in [0, 0.05) is 38.4 Å². The van der Waals surface area contributed by atoms with Crippen molar-refractivity contribution in [3.05, 3.63) is 59.9 Å². The molecule has 0 aromatic heterocycles. The summed E-state index contributed by atoms with van der Waals surface area (Å²) in [5.74, 6) is 0.219. The molecule has 0 aliphatic carbocycles. The maximum absolute atomic E-state index is 12.9. The summed E-state index contributed by atoms with van der Waals surface area (Å²) in [6, 6.07) is 13.6. The van der Waals surface area contributed by atoms with Crippen LogP contribution in [0.3, 0.4) is 0 Å². The number of hydrogen-bond donors (Lipinski definition) is 2. The molecule has 0 bridgehead atoms. The first-order valence-corrected chi connectivity index (χ1v) is 10.4. The third kappa shape index (κ3) is 6.79. The molecule has 1 fully saturated rings. The lowest BCUT2D eigenvalue weighted by molar-refractivity contribution is -0.117. The van der Waals surface area contributed by atoms with Crippen molar-refractivity contribution in [1.29, 1.82) is 0 Å². The van der Waals surface area contributed by atoms with Crippen LogP contribution in [0.25, 0.3) is 0 Å². The molecule has 1 heterocycles. The van der Waals surface area contributed by atoms with Crippen LogP contribution in [0.4, 0.5) is 10.1 Å². The zero-order valence-electron chi connectivity index (χ0n) is 17.4. The number of piperazine rings is 1. The fraction of sp³-hybridized carbons (Fsp3) is 0.435. The number of para-hydroxylation sites is 1. The Morgan fingerprint density at radius 1 is 1.10 bits per heavy atom. The minimum absolute atomic E-state index is 0.00270. The molecule has 3 rings (SSSR count). The Kier molecular flexibility index (Phi) is 8.19. The van der Waals surface area contributed by atoms with Gasteiger partial charge in [0.25, 0.3) is 0 Å². The molecule has 1 atom stereocenters. The zero-order valence-corrected chi connectivity index (χ0v) is 17.4. The highest BCUT2D eigenvalue weighted by molar-refractivity contribution is 5.93. The van der Waals surface area contributed by atoms with Crippen LogP contribution < -0.4 is 10.1 Å². The van der Waals surface area contributed by atoms with E-state index in [0.717, 1.165) is 43.9 Å². The van der Waals surface area contributed by atoms with Crippen molar-refractivity contribution in [1.82, 2.24) is 9.80 Å². The van der Waals surface area contributed by atoms with Crippen molar-refractivity contribution in [3.8, 4) is 5.75 Å². The molecule has 1 unspecified atom stereocenters. The first kappa shape index (κ1) is 22.2. The second-order valence-electron chi connectivity index (χ2n) is 7.55. The quantitative estimate of drug-likeness (QED) is 0.658. The number of nitrogens with zero attached hydrogens (tertiary/aromatic N) is 2. The Labute approximate surface area is 177 Å². The van der Waals surface area contributed by atoms with Gasteiger partial charge in [-0.05, 0) is 42.3 Å². The number of aryl methyl sites for hydroxylation is 1. The highest BCUT2D eigenvalue weighted by Crippen LogP contribution is 2.15. The maximum Gasteiger partial charge on any atom is 0.238 e. The molecule has 0 saturated carbocycles. The first-order valence-electron chi connectivity index (χ1n) is 10.4. The van der Waals surface area contributed by atoms with E-state index < -0.39 is 6.10 Å². The molecule has 6 nitrogen and oxygen atoms in total. The van der Waals surface area contributed by atoms with E-state index in [9.17, 15) is 14.3 Å². The number of ether oxygens (including phenoxy) is 1. The summed E-state index contributed by atoms with van der Waals surface area (Å²) in [5, 5.41) is 13.2. The number of amides is 1. The van der Waals surface area contributed by atoms with Gasteiger partial charge in [0.1, 0.15) is 24.3 Å². The number of hydrogen-bond acceptors (Lipinski definition) is 5. The van der Waals surface area contributed by atoms with E-state index in [4.69, 9.17) is 4.74 Å². The van der Waals surface area contributed by atoms with Crippen LogP contribution in [0.2, 0.25) is 0 Å². The van der Waals surface area contributed by atoms with Crippen LogP contribution >= 0.6 is 0 Å². The van der Waals surface area contributed by atoms with Crippen LogP contribution in [-0.2, 0) is 11.2 Å². The van der Waals surface area contributed by atoms with Gasteiger partial charge < -0.3 is 15.2 Å². The van der Waals surface area contributed by atoms with Crippen LogP contribution in [0, 0.1) is 5.82 Å². The van der Waals surface area contributed by atoms with Gasteiger partial charge in [-0.3, -0.25) is 14.6 Å². The van der Waals surface area contributed by atoms with Gasteiger partial charge in [-0.15, -0.1) is 0 Å². The lowest BCUT2D eigenvalue weighted by atomic mass is 10.1. The van der Waals surface area contributed by atoms with Crippen LogP contribution in [-0.4, -0.2) is 72.8 Å². The van der Waals surface area contributed by atoms with E-state index in [0.29, 0.717) is 18.8 Å². The number of carbonyl (C=O) groups excluding carboxylic acids is 1. The number of carbonyl (C=O) groups is 1. The topological polar surface area (TPSA) is 65.0 Å². The second kappa shape index (κ2) is 11.1. The molecular formula is C23H30FN3O3. The SMILES string of the molecule is CCc1ccccc1NC(=O)CN1CCN(CC(O)COc2ccc(F)cc2)CC1. The number of aliphatic hydroxyl groups excluding tert-OH is 1. The van der Waals surface area contributed by atoms with Gasteiger partial charge in [-0.1, -0.05) is 25.1 Å². The maximum atomic E-state index is 12.9. The number of rotatable bonds is 9. The number of anilines is 1. The van der Waals surface area contributed by atoms with E-state index in [1.165, 1.54) is 12.1 Å². The average Bonchev–Trinajstić information content (AvgIpc) is 2.75. The molecule has 2 aromatic carbocycles. The van der Waals surface area contributed by atoms with E-state index in [2.05, 4.69) is 22.0 Å². The van der Waals surface area contributed by atoms with Crippen molar-refractivity contribution in [3.63, 3.8) is 0 Å². The molecule has 1 aliphatic heterocycles. The Balaban J connectivity index is 1.36. The number of benzene rings is 2. The first-order chi connectivity index (χ1) is 14.5. The number of aliphatic hydroxyl groups is 1. The van der Waals surface area contributed by atoms with Crippen molar-refractivity contribution in [2.75, 3.05) is 51.2 Å². The lowest BCUT2D eigenvalue weighted by Crippen LogP contribution is -2.50. The minimum Gasteiger partial charge on any atom is -0.491 e. The summed E-state index contributed by atoms with van der Waals surface area (Å²) < 4.78 is 18.4. The highest BCUT2D eigenvalue weighted by Gasteiger charge is 2.21. The van der Waals surface area contributed by atoms with Crippen molar-refractivity contribution in [2.45, 2.75) is 19.4 Å². The van der Waals surface area contributed by atoms with Gasteiger partial charge in [-0.25, -0.2) is 4.39 Å². The Morgan fingerprint density at radius 3 is 2.47 bits per heavy atom. The van der Waals surface area contributed by atoms with E-state index >= 15 is 0 Å². The standard InChI is InChI=1S/C23H30FN3O3/c1-2-18-5-3-4-6-22(18)25-23(29)16-27-13-11-26(12-14-27)15-20(28)17-30-21-9-7-19(24)8-10-21/h3-10,20,28H,2,11-17H2,1H3,(H,25,29). The van der Waals surface area contributed by atoms with Gasteiger partial charge >= 0.3 is 0 Å². The predicted molar refractivity (Wildman–Crippen MR) is 115 cm³/mol. The van der Waals surface area contributed by atoms with E-state index in [1.54, 1.807) is 12.1 Å². The summed E-state index contributed by atoms with van der Waals surface area (Å²) in [6.45, 7) is 6.21. The van der Waals surface area contributed by atoms with Gasteiger partial charge in [0.15, 0.2) is 0 Å². The average molecular weight is 416 g/mol. The smallest absolute Gasteiger partial charge is 0.238 e. The van der Waals surface area contributed by atoms with E-state index in [1.807, 2.05) is 24.3 Å². The molecular weight excluding hydrogens is 385 g/mol. The monoisotopic (exact) mass is 415 g/mol. The molecule has 1 saturated heterocycles. The summed E-state index contributed by atoms with van der Waals surface area (Å²) in [5.41, 5.74) is 2.01. The largest absolute Gasteiger partial charge is 0.491 e. The summed E-state index contributed by atoms with van der Waals surface area (Å²) in [4.78, 5) is 16.7. The van der Waals surface area contributed by atoms with Crippen LogP contribution in [0.1, 0.15) is 12.5 Å². The van der Waals surface area contributed by atoms with E-state index in [-0.39, 0.29) is 18.3 Å². The Hall–Kier alpha value is -2.48. The molecule has 7 heteroatoms. The second-order valence-corrected chi connectivity index (χ2v) is 7.55. The third-order valence-electron chi connectivity index (χ3n) is 5.23.